The monoisotopic (exact) mass is 320 g/mol. The van der Waals surface area contributed by atoms with Gasteiger partial charge in [0.15, 0.2) is 0 Å². The van der Waals surface area contributed by atoms with Crippen LogP contribution in [0.15, 0.2) is 23.8 Å². The second kappa shape index (κ2) is 5.71. The molecule has 0 unspecified atom stereocenters. The molecule has 0 amide bonds. The van der Waals surface area contributed by atoms with Crippen LogP contribution in [-0.4, -0.2) is 36.7 Å². The van der Waals surface area contributed by atoms with Crippen LogP contribution in [0, 0.1) is 10.1 Å². The number of nitrogens with zero attached hydrogens (tertiary/aromatic N) is 2. The van der Waals surface area contributed by atoms with Gasteiger partial charge in [-0.15, -0.1) is 0 Å². The van der Waals surface area contributed by atoms with E-state index in [4.69, 9.17) is 9.47 Å². The molecule has 8 nitrogen and oxygen atoms in total. The first-order chi connectivity index (χ1) is 10.6. The molecule has 1 heterocycles. The molecule has 0 atom stereocenters. The van der Waals surface area contributed by atoms with Gasteiger partial charge < -0.3 is 14.4 Å². The van der Waals surface area contributed by atoms with Gasteiger partial charge in [-0.3, -0.25) is 10.1 Å². The summed E-state index contributed by atoms with van der Waals surface area (Å²) >= 11 is 0. The fourth-order valence-electron chi connectivity index (χ4n) is 2.10. The van der Waals surface area contributed by atoms with Crippen molar-refractivity contribution >= 4 is 29.4 Å². The summed E-state index contributed by atoms with van der Waals surface area (Å²) < 4.78 is 9.95. The molecule has 0 bridgehead atoms. The third-order valence-electron chi connectivity index (χ3n) is 3.11. The molecule has 0 aliphatic carbocycles. The molecule has 0 N–H and O–H groups in total. The molecule has 1 aromatic carbocycles. The van der Waals surface area contributed by atoms with Crippen molar-refractivity contribution in [3.05, 3.63) is 39.4 Å². The molecule has 1 fully saturated rings. The molecule has 0 aromatic heterocycles. The van der Waals surface area contributed by atoms with Crippen LogP contribution in [0.25, 0.3) is 6.08 Å². The Bertz CT molecular complexity index is 699. The highest BCUT2D eigenvalue weighted by Gasteiger charge is 2.38. The van der Waals surface area contributed by atoms with E-state index in [0.29, 0.717) is 11.3 Å². The zero-order valence-electron chi connectivity index (χ0n) is 13.2. The summed E-state index contributed by atoms with van der Waals surface area (Å²) in [5.41, 5.74) is 0.288. The summed E-state index contributed by atoms with van der Waals surface area (Å²) in [6.45, 7) is 2.88. The Morgan fingerprint density at radius 1 is 1.17 bits per heavy atom. The normalized spacial score (nSPS) is 16.4. The van der Waals surface area contributed by atoms with Gasteiger partial charge in [0.2, 0.25) is 0 Å². The van der Waals surface area contributed by atoms with Crippen LogP contribution in [0.1, 0.15) is 19.4 Å². The lowest BCUT2D eigenvalue weighted by Crippen LogP contribution is -2.41. The van der Waals surface area contributed by atoms with Gasteiger partial charge in [0.1, 0.15) is 11.3 Å². The summed E-state index contributed by atoms with van der Waals surface area (Å²) in [6.07, 6.45) is 1.21. The minimum absolute atomic E-state index is 0.137. The molecule has 0 saturated carbocycles. The second-order valence-corrected chi connectivity index (χ2v) is 5.64. The number of anilines is 1. The molecule has 8 heteroatoms. The van der Waals surface area contributed by atoms with Crippen LogP contribution in [0.5, 0.6) is 0 Å². The lowest BCUT2D eigenvalue weighted by atomic mass is 10.1. The topological polar surface area (TPSA) is 99.0 Å². The van der Waals surface area contributed by atoms with Crippen molar-refractivity contribution in [1.29, 1.82) is 0 Å². The highest BCUT2D eigenvalue weighted by atomic mass is 16.7. The van der Waals surface area contributed by atoms with Gasteiger partial charge >= 0.3 is 11.9 Å². The first-order valence-corrected chi connectivity index (χ1v) is 6.75. The van der Waals surface area contributed by atoms with E-state index in [1.54, 1.807) is 25.1 Å². The molecule has 2 rings (SSSR count). The molecule has 23 heavy (non-hydrogen) atoms. The summed E-state index contributed by atoms with van der Waals surface area (Å²) in [6, 6.07) is 4.38. The predicted octanol–water partition coefficient (Wildman–Crippen LogP) is 1.88. The molecule has 0 radical (unpaired) electrons. The van der Waals surface area contributed by atoms with E-state index in [-0.39, 0.29) is 11.3 Å². The first kappa shape index (κ1) is 16.5. The summed E-state index contributed by atoms with van der Waals surface area (Å²) in [7, 11) is 3.36. The molecular weight excluding hydrogens is 304 g/mol. The average molecular weight is 320 g/mol. The summed E-state index contributed by atoms with van der Waals surface area (Å²) in [5.74, 6) is -2.98. The quantitative estimate of drug-likeness (QED) is 0.275. The zero-order chi connectivity index (χ0) is 17.4. The first-order valence-electron chi connectivity index (χ1n) is 6.75. The van der Waals surface area contributed by atoms with Gasteiger partial charge in [-0.1, -0.05) is 6.07 Å². The van der Waals surface area contributed by atoms with E-state index >= 15 is 0 Å². The predicted molar refractivity (Wildman–Crippen MR) is 81.7 cm³/mol. The number of carbonyl (C=O) groups is 2. The SMILES string of the molecule is CN(C)c1ccc(C=C2C(=O)OC(C)(C)OC2=O)cc1[N+](=O)[O-]. The standard InChI is InChI=1S/C15H16N2O6/c1-15(2)22-13(18)10(14(19)23-15)7-9-5-6-11(16(3)4)12(8-9)17(20)21/h5-8H,1-4H3. The van der Waals surface area contributed by atoms with Crippen molar-refractivity contribution in [2.75, 3.05) is 19.0 Å². The highest BCUT2D eigenvalue weighted by Crippen LogP contribution is 2.30. The maximum Gasteiger partial charge on any atom is 0.348 e. The number of benzene rings is 1. The number of rotatable bonds is 3. The second-order valence-electron chi connectivity index (χ2n) is 5.64. The number of esters is 2. The molecule has 1 aliphatic heterocycles. The van der Waals surface area contributed by atoms with Crippen LogP contribution < -0.4 is 4.90 Å². The van der Waals surface area contributed by atoms with Gasteiger partial charge in [-0.2, -0.15) is 0 Å². The van der Waals surface area contributed by atoms with Crippen molar-refractivity contribution in [3.8, 4) is 0 Å². The smallest absolute Gasteiger partial charge is 0.348 e. The Balaban J connectivity index is 2.43. The Morgan fingerprint density at radius 3 is 2.22 bits per heavy atom. The van der Waals surface area contributed by atoms with Gasteiger partial charge in [0, 0.05) is 34.0 Å². The summed E-state index contributed by atoms with van der Waals surface area (Å²) in [4.78, 5) is 36.0. The van der Waals surface area contributed by atoms with E-state index in [2.05, 4.69) is 0 Å². The number of hydrogen-bond acceptors (Lipinski definition) is 7. The van der Waals surface area contributed by atoms with Gasteiger partial charge in [0.25, 0.3) is 11.5 Å². The number of ether oxygens (including phenoxy) is 2. The van der Waals surface area contributed by atoms with Crippen molar-refractivity contribution in [1.82, 2.24) is 0 Å². The number of nitro groups is 1. The third-order valence-corrected chi connectivity index (χ3v) is 3.11. The van der Waals surface area contributed by atoms with E-state index in [9.17, 15) is 19.7 Å². The van der Waals surface area contributed by atoms with Crippen LogP contribution in [0.4, 0.5) is 11.4 Å². The molecule has 0 spiro atoms. The van der Waals surface area contributed by atoms with Gasteiger partial charge in [-0.05, 0) is 17.7 Å². The van der Waals surface area contributed by atoms with Crippen molar-refractivity contribution in [3.63, 3.8) is 0 Å². The number of carbonyl (C=O) groups excluding carboxylic acids is 2. The minimum Gasteiger partial charge on any atom is -0.419 e. The van der Waals surface area contributed by atoms with Gasteiger partial charge in [-0.25, -0.2) is 9.59 Å². The number of cyclic esters (lactones) is 2. The Morgan fingerprint density at radius 2 is 1.74 bits per heavy atom. The number of hydrogen-bond donors (Lipinski definition) is 0. The molecule has 1 aromatic rings. The van der Waals surface area contributed by atoms with Crippen molar-refractivity contribution < 1.29 is 24.0 Å². The maximum atomic E-state index is 11.9. The molecular formula is C15H16N2O6. The van der Waals surface area contributed by atoms with E-state index < -0.39 is 22.6 Å². The Kier molecular flexibility index (Phi) is 4.09. The van der Waals surface area contributed by atoms with Crippen molar-refractivity contribution in [2.45, 2.75) is 19.6 Å². The van der Waals surface area contributed by atoms with Crippen LogP contribution >= 0.6 is 0 Å². The third kappa shape index (κ3) is 3.47. The highest BCUT2D eigenvalue weighted by molar-refractivity contribution is 6.18. The van der Waals surface area contributed by atoms with Crippen molar-refractivity contribution in [2.24, 2.45) is 0 Å². The van der Waals surface area contributed by atoms with Crippen LogP contribution in [0.3, 0.4) is 0 Å². The van der Waals surface area contributed by atoms with E-state index in [1.165, 1.54) is 32.1 Å². The van der Waals surface area contributed by atoms with Crippen LogP contribution in [0.2, 0.25) is 0 Å². The molecule has 1 saturated heterocycles. The Labute approximate surface area is 132 Å². The fraction of sp³-hybridized carbons (Fsp3) is 0.333. The van der Waals surface area contributed by atoms with Gasteiger partial charge in [0.05, 0.1) is 4.92 Å². The Hall–Kier alpha value is -2.90. The lowest BCUT2D eigenvalue weighted by Gasteiger charge is -2.29. The molecule has 122 valence electrons. The van der Waals surface area contributed by atoms with Crippen LogP contribution in [-0.2, 0) is 19.1 Å². The average Bonchev–Trinajstić information content (AvgIpc) is 2.41. The maximum absolute atomic E-state index is 11.9. The number of nitro benzene ring substituents is 1. The lowest BCUT2D eigenvalue weighted by molar-refractivity contribution is -0.384. The van der Waals surface area contributed by atoms with E-state index in [1.807, 2.05) is 0 Å². The molecule has 1 aliphatic rings. The zero-order valence-corrected chi connectivity index (χ0v) is 13.2. The van der Waals surface area contributed by atoms with E-state index in [0.717, 1.165) is 0 Å². The minimum atomic E-state index is -1.33. The summed E-state index contributed by atoms with van der Waals surface area (Å²) in [5, 5.41) is 11.2. The fourth-order valence-corrected chi connectivity index (χ4v) is 2.10. The largest absolute Gasteiger partial charge is 0.419 e.